The van der Waals surface area contributed by atoms with Crippen molar-refractivity contribution in [3.63, 3.8) is 0 Å². The SMILES string of the molecule is CC(C)CCN1CC2(CCN([C-]=O)CC2)C1.[K+]. The van der Waals surface area contributed by atoms with Crippen molar-refractivity contribution in [1.29, 1.82) is 0 Å². The summed E-state index contributed by atoms with van der Waals surface area (Å²) in [6.45, 7) is 10.2. The van der Waals surface area contributed by atoms with Crippen molar-refractivity contribution in [2.75, 3.05) is 32.7 Å². The van der Waals surface area contributed by atoms with Crippen LogP contribution >= 0.6 is 0 Å². The second-order valence-corrected chi connectivity index (χ2v) is 5.97. The van der Waals surface area contributed by atoms with E-state index in [2.05, 4.69) is 18.7 Å². The van der Waals surface area contributed by atoms with Crippen LogP contribution in [0, 0.1) is 11.3 Å². The van der Waals surface area contributed by atoms with Gasteiger partial charge in [0.25, 0.3) is 0 Å². The Morgan fingerprint density at radius 2 is 1.82 bits per heavy atom. The van der Waals surface area contributed by atoms with E-state index >= 15 is 0 Å². The average Bonchev–Trinajstić information content (AvgIpc) is 2.24. The number of piperidine rings is 1. The molecule has 2 fully saturated rings. The molecule has 0 atom stereocenters. The van der Waals surface area contributed by atoms with Gasteiger partial charge in [-0.1, -0.05) is 13.8 Å². The molecule has 0 aromatic rings. The van der Waals surface area contributed by atoms with Crippen LogP contribution in [0.4, 0.5) is 0 Å². The minimum absolute atomic E-state index is 0. The van der Waals surface area contributed by atoms with E-state index in [1.165, 1.54) is 38.9 Å². The second kappa shape index (κ2) is 7.01. The molecule has 2 aliphatic heterocycles. The van der Waals surface area contributed by atoms with Crippen LogP contribution < -0.4 is 51.4 Å². The molecule has 3 nitrogen and oxygen atoms in total. The molecule has 17 heavy (non-hydrogen) atoms. The Kier molecular flexibility index (Phi) is 6.65. The topological polar surface area (TPSA) is 23.6 Å². The van der Waals surface area contributed by atoms with Gasteiger partial charge >= 0.3 is 51.4 Å². The van der Waals surface area contributed by atoms with Gasteiger partial charge in [-0.05, 0) is 50.2 Å². The summed E-state index contributed by atoms with van der Waals surface area (Å²) in [5.41, 5.74) is 0.546. The molecule has 92 valence electrons. The summed E-state index contributed by atoms with van der Waals surface area (Å²) in [5, 5.41) is 0. The van der Waals surface area contributed by atoms with Crippen LogP contribution in [-0.2, 0) is 4.79 Å². The Morgan fingerprint density at radius 1 is 1.24 bits per heavy atom. The van der Waals surface area contributed by atoms with Crippen molar-refractivity contribution in [2.45, 2.75) is 33.1 Å². The second-order valence-electron chi connectivity index (χ2n) is 5.97. The van der Waals surface area contributed by atoms with Crippen molar-refractivity contribution in [3.05, 3.63) is 0 Å². The van der Waals surface area contributed by atoms with Crippen LogP contribution in [0.1, 0.15) is 33.1 Å². The third-order valence-electron chi connectivity index (χ3n) is 4.09. The molecule has 0 aromatic heterocycles. The fourth-order valence-electron chi connectivity index (χ4n) is 2.89. The van der Waals surface area contributed by atoms with Crippen molar-refractivity contribution in [1.82, 2.24) is 9.80 Å². The van der Waals surface area contributed by atoms with Gasteiger partial charge in [0.1, 0.15) is 0 Å². The number of rotatable bonds is 4. The number of likely N-dealkylation sites (tertiary alicyclic amines) is 2. The van der Waals surface area contributed by atoms with Crippen LogP contribution in [0.15, 0.2) is 0 Å². The van der Waals surface area contributed by atoms with E-state index in [9.17, 15) is 4.79 Å². The van der Waals surface area contributed by atoms with Crippen LogP contribution in [-0.4, -0.2) is 48.9 Å². The van der Waals surface area contributed by atoms with Gasteiger partial charge in [0.2, 0.25) is 0 Å². The normalized spacial score (nSPS) is 23.4. The predicted octanol–water partition coefficient (Wildman–Crippen LogP) is -1.50. The molecule has 0 radical (unpaired) electrons. The molecule has 4 heteroatoms. The van der Waals surface area contributed by atoms with Gasteiger partial charge in [-0.25, -0.2) is 0 Å². The monoisotopic (exact) mass is 262 g/mol. The van der Waals surface area contributed by atoms with E-state index in [-0.39, 0.29) is 51.4 Å². The van der Waals surface area contributed by atoms with Gasteiger partial charge in [0, 0.05) is 13.1 Å². The van der Waals surface area contributed by atoms with Gasteiger partial charge < -0.3 is 14.6 Å². The number of carbonyl (C=O) groups excluding carboxylic acids is 1. The third-order valence-corrected chi connectivity index (χ3v) is 4.09. The maximum Gasteiger partial charge on any atom is 1.00 e. The molecule has 0 unspecified atom stereocenters. The molecule has 0 N–H and O–H groups in total. The van der Waals surface area contributed by atoms with E-state index in [4.69, 9.17) is 0 Å². The Labute approximate surface area is 148 Å². The summed E-state index contributed by atoms with van der Waals surface area (Å²) in [6, 6.07) is 0. The van der Waals surface area contributed by atoms with E-state index in [1.54, 1.807) is 4.90 Å². The summed E-state index contributed by atoms with van der Waals surface area (Å²) in [5.74, 6) is 0.808. The van der Waals surface area contributed by atoms with E-state index in [1.807, 2.05) is 6.41 Å². The van der Waals surface area contributed by atoms with Crippen LogP contribution in [0.3, 0.4) is 0 Å². The summed E-state index contributed by atoms with van der Waals surface area (Å²) in [4.78, 5) is 14.9. The van der Waals surface area contributed by atoms with Gasteiger partial charge in [0.15, 0.2) is 0 Å². The Bertz CT molecular complexity index is 242. The molecule has 0 aromatic carbocycles. The maximum atomic E-state index is 10.5. The summed E-state index contributed by atoms with van der Waals surface area (Å²) < 4.78 is 0. The van der Waals surface area contributed by atoms with Gasteiger partial charge in [0.05, 0.1) is 0 Å². The minimum Gasteiger partial charge on any atom is -0.520 e. The largest absolute Gasteiger partial charge is 1.00 e. The van der Waals surface area contributed by atoms with E-state index in [0.717, 1.165) is 19.0 Å². The molecule has 2 aliphatic rings. The fraction of sp³-hybridized carbons (Fsp3) is 0.923. The van der Waals surface area contributed by atoms with E-state index < -0.39 is 0 Å². The first-order valence-corrected chi connectivity index (χ1v) is 6.49. The Hall–Kier alpha value is 1.07. The summed E-state index contributed by atoms with van der Waals surface area (Å²) in [6.07, 6.45) is 5.68. The van der Waals surface area contributed by atoms with Gasteiger partial charge in [-0.15, -0.1) is 0 Å². The first-order valence-electron chi connectivity index (χ1n) is 6.49. The zero-order valence-electron chi connectivity index (χ0n) is 11.5. The molecule has 2 saturated heterocycles. The number of nitrogens with zero attached hydrogens (tertiary/aromatic N) is 2. The van der Waals surface area contributed by atoms with E-state index in [0.29, 0.717) is 5.41 Å². The maximum absolute atomic E-state index is 10.5. The Balaban J connectivity index is 0.00000144. The summed E-state index contributed by atoms with van der Waals surface area (Å²) in [7, 11) is 0. The molecular formula is C13H23KN2O. The Morgan fingerprint density at radius 3 is 2.29 bits per heavy atom. The molecule has 0 saturated carbocycles. The zero-order chi connectivity index (χ0) is 11.6. The van der Waals surface area contributed by atoms with Crippen molar-refractivity contribution >= 4 is 6.41 Å². The smallest absolute Gasteiger partial charge is 0.520 e. The molecule has 2 heterocycles. The number of amides is 1. The minimum atomic E-state index is 0. The van der Waals surface area contributed by atoms with Gasteiger partial charge in [-0.2, -0.15) is 6.41 Å². The van der Waals surface area contributed by atoms with Crippen LogP contribution in [0.2, 0.25) is 0 Å². The molecule has 2 rings (SSSR count). The molecular weight excluding hydrogens is 239 g/mol. The van der Waals surface area contributed by atoms with Crippen LogP contribution in [0.25, 0.3) is 0 Å². The standard InChI is InChI=1S/C13H23N2O.K/c1-12(2)3-6-15-9-13(10-15)4-7-14(11-16)8-5-13;/h12H,3-10H2,1-2H3;/q-1;+1. The molecule has 1 amide bonds. The van der Waals surface area contributed by atoms with Gasteiger partial charge in [-0.3, -0.25) is 0 Å². The first-order chi connectivity index (χ1) is 7.63. The fourth-order valence-corrected chi connectivity index (χ4v) is 2.89. The van der Waals surface area contributed by atoms with Crippen LogP contribution in [0.5, 0.6) is 0 Å². The molecule has 0 bridgehead atoms. The average molecular weight is 262 g/mol. The predicted molar refractivity (Wildman–Crippen MR) is 64.8 cm³/mol. The summed E-state index contributed by atoms with van der Waals surface area (Å²) >= 11 is 0. The quantitative estimate of drug-likeness (QED) is 0.455. The zero-order valence-corrected chi connectivity index (χ0v) is 14.7. The molecule has 1 spiro atoms. The third kappa shape index (κ3) is 4.29. The number of hydrogen-bond acceptors (Lipinski definition) is 2. The number of hydrogen-bond donors (Lipinski definition) is 0. The molecule has 0 aliphatic carbocycles. The van der Waals surface area contributed by atoms with Crippen molar-refractivity contribution in [2.24, 2.45) is 11.3 Å². The van der Waals surface area contributed by atoms with Crippen molar-refractivity contribution < 1.29 is 56.2 Å². The first kappa shape index (κ1) is 16.1. The van der Waals surface area contributed by atoms with Crippen molar-refractivity contribution in [3.8, 4) is 0 Å².